The van der Waals surface area contributed by atoms with Gasteiger partial charge in [0.2, 0.25) is 0 Å². The van der Waals surface area contributed by atoms with Crippen LogP contribution in [0.3, 0.4) is 0 Å². The van der Waals surface area contributed by atoms with Crippen LogP contribution in [-0.4, -0.2) is 16.7 Å². The molecule has 18 heavy (non-hydrogen) atoms. The Morgan fingerprint density at radius 1 is 1.44 bits per heavy atom. The van der Waals surface area contributed by atoms with Crippen molar-refractivity contribution in [3.8, 4) is 11.4 Å². The molecular formula is C14H16N4. The van der Waals surface area contributed by atoms with Crippen LogP contribution >= 0.6 is 0 Å². The SMILES string of the molecule is C=Nc1nc(-c2cccc(C)c2N)[nH]c1C(=C)C. The van der Waals surface area contributed by atoms with E-state index in [0.717, 1.165) is 28.1 Å². The Balaban J connectivity index is 2.62. The summed E-state index contributed by atoms with van der Waals surface area (Å²) in [6.45, 7) is 11.3. The molecule has 0 aliphatic carbocycles. The maximum absolute atomic E-state index is 6.06. The number of aliphatic imine (C=N–C) groups is 1. The smallest absolute Gasteiger partial charge is 0.177 e. The van der Waals surface area contributed by atoms with E-state index in [1.807, 2.05) is 32.0 Å². The van der Waals surface area contributed by atoms with E-state index in [4.69, 9.17) is 5.73 Å². The molecule has 0 aliphatic heterocycles. The number of rotatable bonds is 3. The number of nitrogen functional groups attached to an aromatic ring is 1. The quantitative estimate of drug-likeness (QED) is 0.638. The molecule has 0 bridgehead atoms. The van der Waals surface area contributed by atoms with Crippen molar-refractivity contribution in [2.75, 3.05) is 5.73 Å². The van der Waals surface area contributed by atoms with Gasteiger partial charge < -0.3 is 10.7 Å². The Morgan fingerprint density at radius 2 is 2.17 bits per heavy atom. The number of aromatic amines is 1. The Kier molecular flexibility index (Phi) is 3.02. The van der Waals surface area contributed by atoms with Gasteiger partial charge in [0.1, 0.15) is 5.82 Å². The van der Waals surface area contributed by atoms with Gasteiger partial charge in [0.25, 0.3) is 0 Å². The Hall–Kier alpha value is -2.36. The van der Waals surface area contributed by atoms with Crippen molar-refractivity contribution in [1.29, 1.82) is 0 Å². The number of allylic oxidation sites excluding steroid dienone is 1. The third-order valence-corrected chi connectivity index (χ3v) is 2.84. The van der Waals surface area contributed by atoms with E-state index in [0.29, 0.717) is 11.6 Å². The predicted molar refractivity (Wildman–Crippen MR) is 77.1 cm³/mol. The molecule has 1 aromatic carbocycles. The highest BCUT2D eigenvalue weighted by Gasteiger charge is 2.13. The van der Waals surface area contributed by atoms with Crippen molar-refractivity contribution >= 4 is 23.8 Å². The van der Waals surface area contributed by atoms with Crippen LogP contribution in [0.15, 0.2) is 29.8 Å². The number of nitrogens with two attached hydrogens (primary N) is 1. The highest BCUT2D eigenvalue weighted by molar-refractivity contribution is 5.78. The summed E-state index contributed by atoms with van der Waals surface area (Å²) in [7, 11) is 0. The second-order valence-electron chi connectivity index (χ2n) is 4.26. The molecule has 0 atom stereocenters. The molecule has 0 spiro atoms. The zero-order valence-electron chi connectivity index (χ0n) is 10.6. The molecule has 0 saturated heterocycles. The topological polar surface area (TPSA) is 67.1 Å². The minimum atomic E-state index is 0.554. The van der Waals surface area contributed by atoms with Crippen molar-refractivity contribution in [2.45, 2.75) is 13.8 Å². The van der Waals surface area contributed by atoms with Gasteiger partial charge in [-0.05, 0) is 37.8 Å². The average molecular weight is 240 g/mol. The fraction of sp³-hybridized carbons (Fsp3) is 0.143. The summed E-state index contributed by atoms with van der Waals surface area (Å²) in [6, 6.07) is 5.84. The van der Waals surface area contributed by atoms with Crippen molar-refractivity contribution in [3.63, 3.8) is 0 Å². The lowest BCUT2D eigenvalue weighted by atomic mass is 10.1. The Morgan fingerprint density at radius 3 is 2.72 bits per heavy atom. The highest BCUT2D eigenvalue weighted by Crippen LogP contribution is 2.31. The highest BCUT2D eigenvalue weighted by atomic mass is 15.0. The molecule has 0 amide bonds. The lowest BCUT2D eigenvalue weighted by Crippen LogP contribution is -1.94. The molecule has 4 heteroatoms. The van der Waals surface area contributed by atoms with E-state index < -0.39 is 0 Å². The minimum Gasteiger partial charge on any atom is -0.398 e. The Labute approximate surface area is 106 Å². The molecule has 1 heterocycles. The summed E-state index contributed by atoms with van der Waals surface area (Å²) in [5.41, 5.74) is 10.3. The Bertz CT molecular complexity index is 623. The zero-order chi connectivity index (χ0) is 13.3. The number of benzene rings is 1. The molecule has 0 radical (unpaired) electrons. The summed E-state index contributed by atoms with van der Waals surface area (Å²) in [5, 5.41) is 0. The summed E-state index contributed by atoms with van der Waals surface area (Å²) in [6.07, 6.45) is 0. The van der Waals surface area contributed by atoms with Crippen molar-refractivity contribution in [3.05, 3.63) is 36.0 Å². The van der Waals surface area contributed by atoms with Crippen molar-refractivity contribution in [2.24, 2.45) is 4.99 Å². The number of aromatic nitrogens is 2. The van der Waals surface area contributed by atoms with Crippen LogP contribution < -0.4 is 5.73 Å². The lowest BCUT2D eigenvalue weighted by molar-refractivity contribution is 1.29. The van der Waals surface area contributed by atoms with Crippen LogP contribution in [0, 0.1) is 6.92 Å². The molecule has 0 fully saturated rings. The summed E-state index contributed by atoms with van der Waals surface area (Å²) < 4.78 is 0. The van der Waals surface area contributed by atoms with Crippen LogP contribution in [0.5, 0.6) is 0 Å². The van der Waals surface area contributed by atoms with Gasteiger partial charge in [0.15, 0.2) is 5.82 Å². The first kappa shape index (κ1) is 12.1. The van der Waals surface area contributed by atoms with Gasteiger partial charge in [0, 0.05) is 11.3 Å². The van der Waals surface area contributed by atoms with Crippen LogP contribution in [0.2, 0.25) is 0 Å². The normalized spacial score (nSPS) is 10.3. The zero-order valence-corrected chi connectivity index (χ0v) is 10.6. The minimum absolute atomic E-state index is 0.554. The fourth-order valence-corrected chi connectivity index (χ4v) is 1.79. The van der Waals surface area contributed by atoms with Gasteiger partial charge in [0.05, 0.1) is 5.69 Å². The van der Waals surface area contributed by atoms with Gasteiger partial charge in [-0.2, -0.15) is 0 Å². The van der Waals surface area contributed by atoms with Gasteiger partial charge in [-0.3, -0.25) is 0 Å². The molecule has 92 valence electrons. The molecular weight excluding hydrogens is 224 g/mol. The van der Waals surface area contributed by atoms with Crippen molar-refractivity contribution < 1.29 is 0 Å². The fourth-order valence-electron chi connectivity index (χ4n) is 1.79. The number of aryl methyl sites for hydroxylation is 1. The molecule has 3 N–H and O–H groups in total. The standard InChI is InChI=1S/C14H16N4/c1-8(2)12-14(16-4)18-13(17-12)10-7-5-6-9(3)11(10)15/h5-7H,1,4,15H2,2-3H3,(H,17,18). The number of nitrogens with zero attached hydrogens (tertiary/aromatic N) is 2. The van der Waals surface area contributed by atoms with Crippen LogP contribution in [0.1, 0.15) is 18.2 Å². The van der Waals surface area contributed by atoms with Gasteiger partial charge in [-0.15, -0.1) is 0 Å². The molecule has 0 aliphatic rings. The first-order valence-corrected chi connectivity index (χ1v) is 5.62. The molecule has 1 aromatic heterocycles. The first-order valence-electron chi connectivity index (χ1n) is 5.62. The van der Waals surface area contributed by atoms with Gasteiger partial charge >= 0.3 is 0 Å². The third kappa shape index (κ3) is 1.93. The van der Waals surface area contributed by atoms with E-state index in [1.54, 1.807) is 0 Å². The van der Waals surface area contributed by atoms with Crippen molar-refractivity contribution in [1.82, 2.24) is 9.97 Å². The molecule has 0 unspecified atom stereocenters. The summed E-state index contributed by atoms with van der Waals surface area (Å²) >= 11 is 0. The van der Waals surface area contributed by atoms with E-state index in [9.17, 15) is 0 Å². The predicted octanol–water partition coefficient (Wildman–Crippen LogP) is 3.33. The van der Waals surface area contributed by atoms with Crippen LogP contribution in [0.25, 0.3) is 17.0 Å². The summed E-state index contributed by atoms with van der Waals surface area (Å²) in [4.78, 5) is 11.5. The van der Waals surface area contributed by atoms with Gasteiger partial charge in [-0.1, -0.05) is 18.7 Å². The average Bonchev–Trinajstić information content (AvgIpc) is 2.76. The lowest BCUT2D eigenvalue weighted by Gasteiger charge is -2.05. The van der Waals surface area contributed by atoms with E-state index in [-0.39, 0.29) is 0 Å². The number of anilines is 1. The second-order valence-corrected chi connectivity index (χ2v) is 4.26. The number of hydrogen-bond donors (Lipinski definition) is 2. The first-order chi connectivity index (χ1) is 8.54. The number of H-pyrrole nitrogens is 1. The number of imidazole rings is 1. The monoisotopic (exact) mass is 240 g/mol. The van der Waals surface area contributed by atoms with E-state index in [1.165, 1.54) is 0 Å². The molecule has 0 saturated carbocycles. The van der Waals surface area contributed by atoms with Gasteiger partial charge in [-0.25, -0.2) is 9.98 Å². The van der Waals surface area contributed by atoms with E-state index >= 15 is 0 Å². The van der Waals surface area contributed by atoms with Crippen LogP contribution in [-0.2, 0) is 0 Å². The van der Waals surface area contributed by atoms with E-state index in [2.05, 4.69) is 28.3 Å². The largest absolute Gasteiger partial charge is 0.398 e. The molecule has 4 nitrogen and oxygen atoms in total. The van der Waals surface area contributed by atoms with Crippen LogP contribution in [0.4, 0.5) is 11.5 Å². The number of nitrogens with one attached hydrogen (secondary N) is 1. The third-order valence-electron chi connectivity index (χ3n) is 2.84. The maximum Gasteiger partial charge on any atom is 0.177 e. The number of hydrogen-bond acceptors (Lipinski definition) is 3. The second kappa shape index (κ2) is 4.49. The molecule has 2 rings (SSSR count). The molecule has 2 aromatic rings. The summed E-state index contributed by atoms with van der Waals surface area (Å²) in [5.74, 6) is 1.25. The number of para-hydroxylation sites is 1. The maximum atomic E-state index is 6.06.